The van der Waals surface area contributed by atoms with E-state index in [0.717, 1.165) is 29.0 Å². The molecule has 0 aromatic carbocycles. The Labute approximate surface area is 105 Å². The summed E-state index contributed by atoms with van der Waals surface area (Å²) in [5, 5.41) is 0.731. The van der Waals surface area contributed by atoms with Crippen molar-refractivity contribution in [2.24, 2.45) is 0 Å². The van der Waals surface area contributed by atoms with Crippen LogP contribution in [-0.2, 0) is 0 Å². The predicted octanol–water partition coefficient (Wildman–Crippen LogP) is 5.54. The molecular formula is C15H21Cl. The molecule has 0 heterocycles. The summed E-state index contributed by atoms with van der Waals surface area (Å²) in [5.74, 6) is 0. The lowest BCUT2D eigenvalue weighted by Gasteiger charge is -2.05. The quantitative estimate of drug-likeness (QED) is 0.531. The van der Waals surface area contributed by atoms with Crippen molar-refractivity contribution in [2.75, 3.05) is 0 Å². The van der Waals surface area contributed by atoms with Crippen molar-refractivity contribution in [3.63, 3.8) is 0 Å². The van der Waals surface area contributed by atoms with Crippen LogP contribution in [0, 0.1) is 0 Å². The van der Waals surface area contributed by atoms with Gasteiger partial charge in [-0.2, -0.15) is 0 Å². The van der Waals surface area contributed by atoms with E-state index in [1.54, 1.807) is 12.2 Å². The van der Waals surface area contributed by atoms with E-state index in [-0.39, 0.29) is 0 Å². The van der Waals surface area contributed by atoms with Gasteiger partial charge >= 0.3 is 0 Å². The van der Waals surface area contributed by atoms with Crippen LogP contribution < -0.4 is 0 Å². The number of allylic oxidation sites excluding steroid dienone is 8. The van der Waals surface area contributed by atoms with Gasteiger partial charge in [0.05, 0.1) is 0 Å². The van der Waals surface area contributed by atoms with Crippen molar-refractivity contribution in [2.45, 2.75) is 33.6 Å². The van der Waals surface area contributed by atoms with Gasteiger partial charge < -0.3 is 0 Å². The van der Waals surface area contributed by atoms with Crippen molar-refractivity contribution in [3.05, 3.63) is 59.2 Å². The minimum atomic E-state index is 0.731. The second-order valence-corrected chi connectivity index (χ2v) is 4.06. The molecule has 0 N–H and O–H groups in total. The number of halogens is 1. The van der Waals surface area contributed by atoms with E-state index in [1.165, 1.54) is 5.57 Å². The fraction of sp³-hybridized carbons (Fsp3) is 0.333. The zero-order valence-corrected chi connectivity index (χ0v) is 11.3. The lowest BCUT2D eigenvalue weighted by molar-refractivity contribution is 0.905. The van der Waals surface area contributed by atoms with E-state index < -0.39 is 0 Å². The summed E-state index contributed by atoms with van der Waals surface area (Å²) in [5.41, 5.74) is 3.24. The van der Waals surface area contributed by atoms with E-state index in [0.29, 0.717) is 0 Å². The van der Waals surface area contributed by atoms with Gasteiger partial charge in [-0.3, -0.25) is 0 Å². The highest BCUT2D eigenvalue weighted by Gasteiger charge is 2.02. The number of hydrogen-bond donors (Lipinski definition) is 0. The molecule has 0 atom stereocenters. The summed E-state index contributed by atoms with van der Waals surface area (Å²) in [6.45, 7) is 13.8. The Balaban J connectivity index is 5.24. The summed E-state index contributed by atoms with van der Waals surface area (Å²) < 4.78 is 0. The Bertz CT molecular complexity index is 340. The van der Waals surface area contributed by atoms with Crippen LogP contribution in [0.3, 0.4) is 0 Å². The molecule has 0 unspecified atom stereocenters. The number of rotatable bonds is 6. The minimum Gasteiger partial charge on any atom is -0.0985 e. The van der Waals surface area contributed by atoms with Crippen molar-refractivity contribution in [1.29, 1.82) is 0 Å². The van der Waals surface area contributed by atoms with Crippen LogP contribution in [0.4, 0.5) is 0 Å². The van der Waals surface area contributed by atoms with E-state index >= 15 is 0 Å². The van der Waals surface area contributed by atoms with Crippen LogP contribution in [0.1, 0.15) is 33.6 Å². The highest BCUT2D eigenvalue weighted by Crippen LogP contribution is 2.23. The van der Waals surface area contributed by atoms with E-state index in [4.69, 9.17) is 11.6 Å². The van der Waals surface area contributed by atoms with Gasteiger partial charge in [0.1, 0.15) is 0 Å². The van der Waals surface area contributed by atoms with Gasteiger partial charge in [0, 0.05) is 5.03 Å². The molecule has 0 bridgehead atoms. The van der Waals surface area contributed by atoms with Crippen LogP contribution in [-0.4, -0.2) is 0 Å². The Morgan fingerprint density at radius 3 is 2.25 bits per heavy atom. The van der Waals surface area contributed by atoms with Crippen molar-refractivity contribution < 1.29 is 0 Å². The molecule has 0 spiro atoms. The summed E-state index contributed by atoms with van der Waals surface area (Å²) in [6, 6.07) is 0. The Morgan fingerprint density at radius 1 is 1.25 bits per heavy atom. The van der Waals surface area contributed by atoms with Crippen LogP contribution in [0.15, 0.2) is 59.2 Å². The lowest BCUT2D eigenvalue weighted by Crippen LogP contribution is -1.86. The fourth-order valence-electron chi connectivity index (χ4n) is 1.50. The third kappa shape index (κ3) is 4.67. The van der Waals surface area contributed by atoms with Gasteiger partial charge in [0.2, 0.25) is 0 Å². The molecule has 0 nitrogen and oxygen atoms in total. The molecule has 0 aliphatic carbocycles. The van der Waals surface area contributed by atoms with E-state index in [2.05, 4.69) is 27.0 Å². The predicted molar refractivity (Wildman–Crippen MR) is 75.7 cm³/mol. The minimum absolute atomic E-state index is 0.731. The Morgan fingerprint density at radius 2 is 1.88 bits per heavy atom. The summed E-state index contributed by atoms with van der Waals surface area (Å²) in [4.78, 5) is 0. The zero-order valence-electron chi connectivity index (χ0n) is 10.5. The Kier molecular flexibility index (Phi) is 7.66. The average molecular weight is 237 g/mol. The van der Waals surface area contributed by atoms with Gasteiger partial charge in [-0.05, 0) is 37.5 Å². The van der Waals surface area contributed by atoms with Gasteiger partial charge in [0.25, 0.3) is 0 Å². The van der Waals surface area contributed by atoms with Gasteiger partial charge in [-0.1, -0.05) is 61.9 Å². The van der Waals surface area contributed by atoms with Gasteiger partial charge in [-0.25, -0.2) is 0 Å². The molecule has 0 saturated carbocycles. The third-order valence-electron chi connectivity index (χ3n) is 2.32. The molecule has 0 rings (SSSR count). The molecule has 88 valence electrons. The van der Waals surface area contributed by atoms with Gasteiger partial charge in [0.15, 0.2) is 0 Å². The SMILES string of the molecule is C=CC(=C\C)/C(C=C)=C(Cl)\C=C(/C)CCC. The largest absolute Gasteiger partial charge is 0.0985 e. The van der Waals surface area contributed by atoms with Crippen LogP contribution in [0.5, 0.6) is 0 Å². The molecule has 0 amide bonds. The molecule has 0 aliphatic rings. The van der Waals surface area contributed by atoms with Crippen molar-refractivity contribution in [1.82, 2.24) is 0 Å². The number of hydrogen-bond acceptors (Lipinski definition) is 0. The highest BCUT2D eigenvalue weighted by molar-refractivity contribution is 6.32. The monoisotopic (exact) mass is 236 g/mol. The third-order valence-corrected chi connectivity index (χ3v) is 2.63. The molecular weight excluding hydrogens is 216 g/mol. The van der Waals surface area contributed by atoms with Gasteiger partial charge in [-0.15, -0.1) is 0 Å². The Hall–Kier alpha value is -1.01. The normalized spacial score (nSPS) is 14.5. The second-order valence-electron chi connectivity index (χ2n) is 3.65. The topological polar surface area (TPSA) is 0 Å². The maximum atomic E-state index is 6.27. The average Bonchev–Trinajstić information content (AvgIpc) is 2.25. The first-order valence-electron chi connectivity index (χ1n) is 5.59. The smallest absolute Gasteiger partial charge is 0.0483 e. The van der Waals surface area contributed by atoms with Crippen LogP contribution in [0.2, 0.25) is 0 Å². The van der Waals surface area contributed by atoms with E-state index in [1.807, 2.05) is 19.1 Å². The molecule has 0 radical (unpaired) electrons. The van der Waals surface area contributed by atoms with Crippen molar-refractivity contribution >= 4 is 11.6 Å². The van der Waals surface area contributed by atoms with E-state index in [9.17, 15) is 0 Å². The zero-order chi connectivity index (χ0) is 12.6. The van der Waals surface area contributed by atoms with Crippen LogP contribution in [0.25, 0.3) is 0 Å². The summed E-state index contributed by atoms with van der Waals surface area (Å²) in [6.07, 6.45) is 9.76. The second kappa shape index (κ2) is 8.18. The molecule has 0 aliphatic heterocycles. The molecule has 0 saturated heterocycles. The maximum absolute atomic E-state index is 6.27. The first-order chi connectivity index (χ1) is 7.60. The lowest BCUT2D eigenvalue weighted by atomic mass is 10.0. The highest BCUT2D eigenvalue weighted by atomic mass is 35.5. The first-order valence-corrected chi connectivity index (χ1v) is 5.96. The molecule has 0 aromatic heterocycles. The van der Waals surface area contributed by atoms with Crippen molar-refractivity contribution in [3.8, 4) is 0 Å². The van der Waals surface area contributed by atoms with Crippen LogP contribution >= 0.6 is 11.6 Å². The molecule has 1 heteroatoms. The fourth-order valence-corrected chi connectivity index (χ4v) is 1.87. The molecule has 0 fully saturated rings. The maximum Gasteiger partial charge on any atom is 0.0483 e. The molecule has 0 aromatic rings. The summed E-state index contributed by atoms with van der Waals surface area (Å²) in [7, 11) is 0. The standard InChI is InChI=1S/C15H21Cl/c1-6-10-12(5)11-15(16)14(9-4)13(7-2)8-3/h7-9,11H,2,4,6,10H2,1,3,5H3/b12-11+,13-8+,15-14+. The first kappa shape index (κ1) is 15.0. The molecule has 16 heavy (non-hydrogen) atoms. The summed E-state index contributed by atoms with van der Waals surface area (Å²) >= 11 is 6.27.